The zero-order valence-electron chi connectivity index (χ0n) is 6.09. The largest absolute Gasteiger partial charge is 0.376 e. The second-order valence-corrected chi connectivity index (χ2v) is 2.89. The molecule has 0 heterocycles. The SMILES string of the molecule is CC(C)(C)N(C=O)CO. The first kappa shape index (κ1) is 8.43. The van der Waals surface area contributed by atoms with Crippen LogP contribution >= 0.6 is 0 Å². The van der Waals surface area contributed by atoms with Crippen molar-refractivity contribution in [3.05, 3.63) is 0 Å². The van der Waals surface area contributed by atoms with Gasteiger partial charge in [-0.1, -0.05) is 0 Å². The molecular weight excluding hydrogens is 118 g/mol. The maximum atomic E-state index is 10.1. The van der Waals surface area contributed by atoms with Crippen LogP contribution < -0.4 is 0 Å². The van der Waals surface area contributed by atoms with Gasteiger partial charge in [0.25, 0.3) is 0 Å². The fourth-order valence-corrected chi connectivity index (χ4v) is 0.404. The van der Waals surface area contributed by atoms with Crippen molar-refractivity contribution in [1.82, 2.24) is 4.90 Å². The van der Waals surface area contributed by atoms with Crippen LogP contribution in [0.5, 0.6) is 0 Å². The van der Waals surface area contributed by atoms with Crippen LogP contribution in [0.2, 0.25) is 0 Å². The molecule has 0 aromatic rings. The average Bonchev–Trinajstić information content (AvgIpc) is 1.65. The van der Waals surface area contributed by atoms with E-state index in [4.69, 9.17) is 5.11 Å². The third kappa shape index (κ3) is 2.46. The number of carbonyl (C=O) groups is 1. The van der Waals surface area contributed by atoms with E-state index in [0.29, 0.717) is 6.41 Å². The number of carbonyl (C=O) groups excluding carboxylic acids is 1. The van der Waals surface area contributed by atoms with Gasteiger partial charge in [0.1, 0.15) is 6.73 Å². The van der Waals surface area contributed by atoms with E-state index >= 15 is 0 Å². The van der Waals surface area contributed by atoms with Crippen LogP contribution in [-0.4, -0.2) is 28.7 Å². The zero-order valence-corrected chi connectivity index (χ0v) is 6.09. The number of nitrogens with zero attached hydrogens (tertiary/aromatic N) is 1. The molecular formula is C6H13NO2. The Morgan fingerprint density at radius 2 is 2.00 bits per heavy atom. The lowest BCUT2D eigenvalue weighted by Gasteiger charge is -2.29. The highest BCUT2D eigenvalue weighted by molar-refractivity contribution is 5.48. The van der Waals surface area contributed by atoms with Crippen molar-refractivity contribution in [2.75, 3.05) is 6.73 Å². The van der Waals surface area contributed by atoms with E-state index in [1.54, 1.807) is 0 Å². The van der Waals surface area contributed by atoms with Crippen molar-refractivity contribution in [1.29, 1.82) is 0 Å². The summed E-state index contributed by atoms with van der Waals surface area (Å²) in [5.74, 6) is 0. The molecule has 0 atom stereocenters. The molecule has 0 unspecified atom stereocenters. The van der Waals surface area contributed by atoms with Gasteiger partial charge in [-0.05, 0) is 20.8 Å². The second kappa shape index (κ2) is 2.82. The lowest BCUT2D eigenvalue weighted by molar-refractivity contribution is -0.126. The number of rotatable bonds is 2. The van der Waals surface area contributed by atoms with Gasteiger partial charge >= 0.3 is 0 Å². The molecule has 1 amide bonds. The molecule has 3 nitrogen and oxygen atoms in total. The minimum atomic E-state index is -0.267. The third-order valence-electron chi connectivity index (χ3n) is 1.14. The molecule has 0 bridgehead atoms. The topological polar surface area (TPSA) is 40.5 Å². The summed E-state index contributed by atoms with van der Waals surface area (Å²) in [5.41, 5.74) is -0.267. The average molecular weight is 131 g/mol. The number of hydrogen-bond donors (Lipinski definition) is 1. The molecule has 0 aliphatic rings. The highest BCUT2D eigenvalue weighted by Crippen LogP contribution is 2.08. The maximum Gasteiger partial charge on any atom is 0.211 e. The molecule has 0 spiro atoms. The summed E-state index contributed by atoms with van der Waals surface area (Å²) in [4.78, 5) is 11.5. The third-order valence-corrected chi connectivity index (χ3v) is 1.14. The van der Waals surface area contributed by atoms with Gasteiger partial charge in [0.2, 0.25) is 6.41 Å². The van der Waals surface area contributed by atoms with Gasteiger partial charge in [-0.3, -0.25) is 4.79 Å². The molecule has 0 radical (unpaired) electrons. The Bertz CT molecular complexity index is 95.7. The quantitative estimate of drug-likeness (QED) is 0.429. The molecule has 0 saturated heterocycles. The molecule has 1 N–H and O–H groups in total. The van der Waals surface area contributed by atoms with Crippen molar-refractivity contribution < 1.29 is 9.90 Å². The van der Waals surface area contributed by atoms with Gasteiger partial charge in [-0.25, -0.2) is 0 Å². The molecule has 0 aromatic heterocycles. The first-order valence-corrected chi connectivity index (χ1v) is 2.85. The summed E-state index contributed by atoms with van der Waals surface area (Å²) in [6, 6.07) is 0. The maximum absolute atomic E-state index is 10.1. The van der Waals surface area contributed by atoms with E-state index in [0.717, 1.165) is 0 Å². The van der Waals surface area contributed by atoms with Gasteiger partial charge < -0.3 is 10.0 Å². The zero-order chi connectivity index (χ0) is 7.49. The minimum Gasteiger partial charge on any atom is -0.376 e. The van der Waals surface area contributed by atoms with Crippen molar-refractivity contribution in [2.24, 2.45) is 0 Å². The van der Waals surface area contributed by atoms with Crippen molar-refractivity contribution in [3.8, 4) is 0 Å². The monoisotopic (exact) mass is 131 g/mol. The van der Waals surface area contributed by atoms with E-state index in [-0.39, 0.29) is 12.3 Å². The first-order valence-electron chi connectivity index (χ1n) is 2.85. The Morgan fingerprint density at radius 1 is 1.56 bits per heavy atom. The molecule has 0 saturated carbocycles. The number of hydrogen-bond acceptors (Lipinski definition) is 2. The highest BCUT2D eigenvalue weighted by Gasteiger charge is 2.17. The van der Waals surface area contributed by atoms with Crippen LogP contribution in [0.4, 0.5) is 0 Å². The smallest absolute Gasteiger partial charge is 0.211 e. The summed E-state index contributed by atoms with van der Waals surface area (Å²) in [6.45, 7) is 5.36. The molecule has 0 aromatic carbocycles. The van der Waals surface area contributed by atoms with Gasteiger partial charge in [0.05, 0.1) is 0 Å². The van der Waals surface area contributed by atoms with E-state index in [2.05, 4.69) is 0 Å². The van der Waals surface area contributed by atoms with Crippen LogP contribution in [0.25, 0.3) is 0 Å². The van der Waals surface area contributed by atoms with Crippen LogP contribution in [0.3, 0.4) is 0 Å². The summed E-state index contributed by atoms with van der Waals surface area (Å²) in [5, 5.41) is 8.56. The van der Waals surface area contributed by atoms with Crippen LogP contribution in [-0.2, 0) is 4.79 Å². The standard InChI is InChI=1S/C6H13NO2/c1-6(2,3)7(4-8)5-9/h4,9H,5H2,1-3H3. The van der Waals surface area contributed by atoms with Gasteiger partial charge in [0, 0.05) is 5.54 Å². The van der Waals surface area contributed by atoms with Gasteiger partial charge in [-0.15, -0.1) is 0 Å². The van der Waals surface area contributed by atoms with Gasteiger partial charge in [-0.2, -0.15) is 0 Å². The number of amides is 1. The van der Waals surface area contributed by atoms with Crippen molar-refractivity contribution in [2.45, 2.75) is 26.3 Å². The first-order chi connectivity index (χ1) is 4.02. The lowest BCUT2D eigenvalue weighted by atomic mass is 10.1. The van der Waals surface area contributed by atoms with Crippen LogP contribution in [0.1, 0.15) is 20.8 Å². The fraction of sp³-hybridized carbons (Fsp3) is 0.833. The summed E-state index contributed by atoms with van der Waals surface area (Å²) < 4.78 is 0. The summed E-state index contributed by atoms with van der Waals surface area (Å²) in [6.07, 6.45) is 0.639. The Kier molecular flexibility index (Phi) is 2.65. The van der Waals surface area contributed by atoms with Crippen LogP contribution in [0.15, 0.2) is 0 Å². The molecule has 3 heteroatoms. The van der Waals surface area contributed by atoms with Gasteiger partial charge in [0.15, 0.2) is 0 Å². The molecule has 54 valence electrons. The van der Waals surface area contributed by atoms with E-state index in [1.807, 2.05) is 20.8 Å². The highest BCUT2D eigenvalue weighted by atomic mass is 16.3. The predicted octanol–water partition coefficient (Wildman–Crippen LogP) is 0.193. The Hall–Kier alpha value is -0.570. The minimum absolute atomic E-state index is 0.215. The lowest BCUT2D eigenvalue weighted by Crippen LogP contribution is -2.40. The Labute approximate surface area is 55.3 Å². The summed E-state index contributed by atoms with van der Waals surface area (Å²) >= 11 is 0. The van der Waals surface area contributed by atoms with Crippen LogP contribution in [0, 0.1) is 0 Å². The van der Waals surface area contributed by atoms with E-state index in [1.165, 1.54) is 4.90 Å². The van der Waals surface area contributed by atoms with E-state index in [9.17, 15) is 4.79 Å². The molecule has 9 heavy (non-hydrogen) atoms. The van der Waals surface area contributed by atoms with E-state index < -0.39 is 0 Å². The Balaban J connectivity index is 3.94. The predicted molar refractivity (Wildman–Crippen MR) is 34.7 cm³/mol. The van der Waals surface area contributed by atoms with Crippen molar-refractivity contribution in [3.63, 3.8) is 0 Å². The Morgan fingerprint density at radius 3 is 2.00 bits per heavy atom. The normalized spacial score (nSPS) is 11.1. The molecule has 0 fully saturated rings. The molecule has 0 aliphatic carbocycles. The fourth-order valence-electron chi connectivity index (χ4n) is 0.404. The number of aliphatic hydroxyl groups is 1. The second-order valence-electron chi connectivity index (χ2n) is 2.89. The molecule has 0 aliphatic heterocycles. The number of aliphatic hydroxyl groups excluding tert-OH is 1. The molecule has 0 rings (SSSR count). The van der Waals surface area contributed by atoms with Crippen molar-refractivity contribution >= 4 is 6.41 Å². The summed E-state index contributed by atoms with van der Waals surface area (Å²) in [7, 11) is 0.